The summed E-state index contributed by atoms with van der Waals surface area (Å²) in [7, 11) is -3.68. The lowest BCUT2D eigenvalue weighted by molar-refractivity contribution is -0.123. The first kappa shape index (κ1) is 21.4. The van der Waals surface area contributed by atoms with Crippen LogP contribution in [0.15, 0.2) is 41.3 Å². The van der Waals surface area contributed by atoms with Crippen LogP contribution in [-0.4, -0.2) is 20.9 Å². The number of aryl methyl sites for hydroxylation is 3. The van der Waals surface area contributed by atoms with Crippen LogP contribution in [0.25, 0.3) is 0 Å². The maximum Gasteiger partial charge on any atom is 0.262 e. The van der Waals surface area contributed by atoms with E-state index in [0.29, 0.717) is 17.1 Å². The van der Waals surface area contributed by atoms with Gasteiger partial charge in [-0.15, -0.1) is 0 Å². The molecule has 0 saturated heterocycles. The Kier molecular flexibility index (Phi) is 6.03. The molecule has 0 unspecified atom stereocenters. The van der Waals surface area contributed by atoms with Crippen LogP contribution in [0.5, 0.6) is 0 Å². The summed E-state index contributed by atoms with van der Waals surface area (Å²) < 4.78 is 28.4. The predicted molar refractivity (Wildman–Crippen MR) is 117 cm³/mol. The molecule has 1 aliphatic carbocycles. The Balaban J connectivity index is 1.76. The third-order valence-electron chi connectivity index (χ3n) is 5.77. The van der Waals surface area contributed by atoms with Gasteiger partial charge >= 0.3 is 0 Å². The maximum atomic E-state index is 12.9. The van der Waals surface area contributed by atoms with Gasteiger partial charge in [-0.1, -0.05) is 31.5 Å². The predicted octanol–water partition coefficient (Wildman–Crippen LogP) is 4.36. The molecule has 2 aromatic carbocycles. The van der Waals surface area contributed by atoms with Crippen molar-refractivity contribution < 1.29 is 13.2 Å². The van der Waals surface area contributed by atoms with E-state index in [1.165, 1.54) is 0 Å². The highest BCUT2D eigenvalue weighted by Crippen LogP contribution is 2.48. The summed E-state index contributed by atoms with van der Waals surface area (Å²) in [5, 5.41) is 3.02. The van der Waals surface area contributed by atoms with Crippen molar-refractivity contribution in [2.24, 2.45) is 0 Å². The topological polar surface area (TPSA) is 75.3 Å². The van der Waals surface area contributed by atoms with E-state index in [1.807, 2.05) is 32.0 Å². The SMILES string of the molecule is CCCCNC(=O)C1(c2ccc(NS(=O)(=O)c3cc(C)c(C)cc3C)cc2)CC1. The van der Waals surface area contributed by atoms with E-state index in [4.69, 9.17) is 0 Å². The highest BCUT2D eigenvalue weighted by atomic mass is 32.2. The summed E-state index contributed by atoms with van der Waals surface area (Å²) in [6.07, 6.45) is 3.68. The van der Waals surface area contributed by atoms with Crippen molar-refractivity contribution in [2.75, 3.05) is 11.3 Å². The summed E-state index contributed by atoms with van der Waals surface area (Å²) in [5.41, 5.74) is 3.72. The Morgan fingerprint density at radius 2 is 1.62 bits per heavy atom. The van der Waals surface area contributed by atoms with E-state index >= 15 is 0 Å². The lowest BCUT2D eigenvalue weighted by Crippen LogP contribution is -2.35. The van der Waals surface area contributed by atoms with Crippen molar-refractivity contribution in [1.82, 2.24) is 5.32 Å². The fourth-order valence-corrected chi connectivity index (χ4v) is 4.98. The Morgan fingerprint density at radius 1 is 1.00 bits per heavy atom. The first-order valence-electron chi connectivity index (χ1n) is 10.2. The van der Waals surface area contributed by atoms with Crippen LogP contribution < -0.4 is 10.0 Å². The average Bonchev–Trinajstić information content (AvgIpc) is 3.47. The fourth-order valence-electron chi connectivity index (χ4n) is 3.61. The number of amides is 1. The van der Waals surface area contributed by atoms with Crippen LogP contribution >= 0.6 is 0 Å². The summed E-state index contributed by atoms with van der Waals surface area (Å²) in [5.74, 6) is 0.0741. The van der Waals surface area contributed by atoms with E-state index in [2.05, 4.69) is 17.0 Å². The van der Waals surface area contributed by atoms with Crippen LogP contribution in [0.3, 0.4) is 0 Å². The summed E-state index contributed by atoms with van der Waals surface area (Å²) in [6, 6.07) is 10.8. The minimum atomic E-state index is -3.68. The number of sulfonamides is 1. The monoisotopic (exact) mass is 414 g/mol. The standard InChI is InChI=1S/C23H30N2O3S/c1-5-6-13-24-22(26)23(11-12-23)19-7-9-20(10-8-19)25-29(27,28)21-15-17(3)16(2)14-18(21)4/h7-10,14-15,25H,5-6,11-13H2,1-4H3,(H,24,26). The molecule has 2 aromatic rings. The van der Waals surface area contributed by atoms with E-state index < -0.39 is 15.4 Å². The summed E-state index contributed by atoms with van der Waals surface area (Å²) in [4.78, 5) is 12.9. The Hall–Kier alpha value is -2.34. The largest absolute Gasteiger partial charge is 0.355 e. The lowest BCUT2D eigenvalue weighted by atomic mass is 9.94. The molecule has 2 N–H and O–H groups in total. The molecule has 1 fully saturated rings. The average molecular weight is 415 g/mol. The van der Waals surface area contributed by atoms with Crippen LogP contribution in [0.4, 0.5) is 5.69 Å². The highest BCUT2D eigenvalue weighted by Gasteiger charge is 2.50. The molecular weight excluding hydrogens is 384 g/mol. The normalized spacial score (nSPS) is 15.0. The molecule has 0 heterocycles. The lowest BCUT2D eigenvalue weighted by Gasteiger charge is -2.17. The molecule has 1 saturated carbocycles. The molecule has 0 spiro atoms. The van der Waals surface area contributed by atoms with Gasteiger partial charge in [-0.25, -0.2) is 8.42 Å². The van der Waals surface area contributed by atoms with Crippen molar-refractivity contribution in [3.05, 3.63) is 58.7 Å². The molecule has 6 heteroatoms. The van der Waals surface area contributed by atoms with E-state index in [0.717, 1.165) is 47.9 Å². The van der Waals surface area contributed by atoms with Gasteiger partial charge < -0.3 is 5.32 Å². The van der Waals surface area contributed by atoms with Crippen molar-refractivity contribution in [1.29, 1.82) is 0 Å². The Morgan fingerprint density at radius 3 is 2.21 bits per heavy atom. The second-order valence-corrected chi connectivity index (χ2v) is 9.73. The smallest absolute Gasteiger partial charge is 0.262 e. The van der Waals surface area contributed by atoms with Gasteiger partial charge in [0.1, 0.15) is 0 Å². The van der Waals surface area contributed by atoms with Crippen LogP contribution in [0.1, 0.15) is 54.9 Å². The second kappa shape index (κ2) is 8.19. The highest BCUT2D eigenvalue weighted by molar-refractivity contribution is 7.92. The van der Waals surface area contributed by atoms with Crippen molar-refractivity contribution in [2.45, 2.75) is 63.7 Å². The van der Waals surface area contributed by atoms with Gasteiger partial charge in [-0.2, -0.15) is 0 Å². The van der Waals surface area contributed by atoms with Crippen LogP contribution in [-0.2, 0) is 20.2 Å². The number of nitrogens with one attached hydrogen (secondary N) is 2. The van der Waals surface area contributed by atoms with Gasteiger partial charge in [0, 0.05) is 12.2 Å². The second-order valence-electron chi connectivity index (χ2n) is 8.08. The van der Waals surface area contributed by atoms with E-state index in [-0.39, 0.29) is 5.91 Å². The molecule has 156 valence electrons. The van der Waals surface area contributed by atoms with Crippen molar-refractivity contribution in [3.63, 3.8) is 0 Å². The molecule has 1 aliphatic rings. The molecular formula is C23H30N2O3S. The quantitative estimate of drug-likeness (QED) is 0.630. The maximum absolute atomic E-state index is 12.9. The molecule has 0 aromatic heterocycles. The Labute approximate surface area is 174 Å². The number of unbranched alkanes of at least 4 members (excludes halogenated alkanes) is 1. The minimum absolute atomic E-state index is 0.0741. The van der Waals surface area contributed by atoms with E-state index in [9.17, 15) is 13.2 Å². The molecule has 3 rings (SSSR count). The van der Waals surface area contributed by atoms with Gasteiger partial charge in [0.2, 0.25) is 5.91 Å². The number of carbonyl (C=O) groups excluding carboxylic acids is 1. The zero-order valence-electron chi connectivity index (χ0n) is 17.6. The third kappa shape index (κ3) is 4.47. The zero-order valence-corrected chi connectivity index (χ0v) is 18.4. The van der Waals surface area contributed by atoms with Crippen LogP contribution in [0.2, 0.25) is 0 Å². The number of hydrogen-bond donors (Lipinski definition) is 2. The van der Waals surface area contributed by atoms with Gasteiger partial charge in [-0.3, -0.25) is 9.52 Å². The van der Waals surface area contributed by atoms with Crippen LogP contribution in [0, 0.1) is 20.8 Å². The number of rotatable bonds is 8. The number of hydrogen-bond acceptors (Lipinski definition) is 3. The van der Waals surface area contributed by atoms with Gasteiger partial charge in [0.15, 0.2) is 0 Å². The number of anilines is 1. The Bertz CT molecular complexity index is 1010. The van der Waals surface area contributed by atoms with E-state index in [1.54, 1.807) is 25.1 Å². The van der Waals surface area contributed by atoms with Crippen molar-refractivity contribution in [3.8, 4) is 0 Å². The number of carbonyl (C=O) groups is 1. The molecule has 0 aliphatic heterocycles. The number of benzene rings is 2. The van der Waals surface area contributed by atoms with Gasteiger partial charge in [0.25, 0.3) is 10.0 Å². The molecule has 0 atom stereocenters. The summed E-state index contributed by atoms with van der Waals surface area (Å²) >= 11 is 0. The molecule has 0 radical (unpaired) electrons. The van der Waals surface area contributed by atoms with Gasteiger partial charge in [0.05, 0.1) is 10.3 Å². The fraction of sp³-hybridized carbons (Fsp3) is 0.435. The minimum Gasteiger partial charge on any atom is -0.355 e. The van der Waals surface area contributed by atoms with Crippen molar-refractivity contribution >= 4 is 21.6 Å². The molecule has 0 bridgehead atoms. The molecule has 29 heavy (non-hydrogen) atoms. The molecule has 1 amide bonds. The van der Waals surface area contributed by atoms with Gasteiger partial charge in [-0.05, 0) is 80.5 Å². The third-order valence-corrected chi connectivity index (χ3v) is 7.29. The first-order valence-corrected chi connectivity index (χ1v) is 11.7. The zero-order chi connectivity index (χ0) is 21.2. The molecule has 5 nitrogen and oxygen atoms in total. The summed E-state index contributed by atoms with van der Waals surface area (Å²) in [6.45, 7) is 8.47. The first-order chi connectivity index (χ1) is 13.7.